The molecule has 0 aromatic heterocycles. The van der Waals surface area contributed by atoms with Crippen molar-refractivity contribution in [1.82, 2.24) is 0 Å². The first kappa shape index (κ1) is 15.8. The Morgan fingerprint density at radius 2 is 1.52 bits per heavy atom. The Hall–Kier alpha value is -1.55. The molecule has 0 heterocycles. The van der Waals surface area contributed by atoms with Crippen LogP contribution < -0.4 is 0 Å². The van der Waals surface area contributed by atoms with Crippen LogP contribution in [0.4, 0.5) is 13.2 Å². The number of hydrogen-bond acceptors (Lipinski definition) is 1. The summed E-state index contributed by atoms with van der Waals surface area (Å²) >= 11 is 0. The van der Waals surface area contributed by atoms with Crippen molar-refractivity contribution in [3.05, 3.63) is 47.5 Å². The summed E-state index contributed by atoms with van der Waals surface area (Å²) in [6, 6.07) is 10.1. The van der Waals surface area contributed by atoms with Gasteiger partial charge in [0.2, 0.25) is 0 Å². The zero-order valence-corrected chi connectivity index (χ0v) is 12.5. The van der Waals surface area contributed by atoms with Crippen LogP contribution in [-0.2, 0) is 11.0 Å². The number of aliphatic hydroxyl groups is 1. The molecule has 1 N–H and O–H groups in total. The van der Waals surface area contributed by atoms with E-state index in [1.54, 1.807) is 18.2 Å². The maximum atomic E-state index is 13.1. The lowest BCUT2D eigenvalue weighted by molar-refractivity contribution is -0.258. The summed E-state index contributed by atoms with van der Waals surface area (Å²) in [5.41, 5.74) is -2.23. The largest absolute Gasteiger partial charge is 0.421 e. The van der Waals surface area contributed by atoms with E-state index in [9.17, 15) is 18.3 Å². The molecule has 2 rings (SSSR count). The van der Waals surface area contributed by atoms with Crippen molar-refractivity contribution >= 4 is 10.8 Å². The molecule has 0 fully saturated rings. The average molecular weight is 296 g/mol. The highest BCUT2D eigenvalue weighted by molar-refractivity contribution is 5.87. The second-order valence-corrected chi connectivity index (χ2v) is 6.56. The third-order valence-corrected chi connectivity index (χ3v) is 3.82. The molecule has 0 amide bonds. The minimum absolute atomic E-state index is 0.112. The Labute approximate surface area is 122 Å². The molecule has 1 nitrogen and oxygen atoms in total. The molecule has 2 aromatic rings. The van der Waals surface area contributed by atoms with Gasteiger partial charge in [0.05, 0.1) is 0 Å². The number of alkyl halides is 3. The van der Waals surface area contributed by atoms with Crippen LogP contribution in [0, 0.1) is 0 Å². The van der Waals surface area contributed by atoms with Crippen molar-refractivity contribution in [2.24, 2.45) is 0 Å². The number of fused-ring (bicyclic) bond motifs is 1. The number of rotatable bonds is 1. The lowest BCUT2D eigenvalue weighted by atomic mass is 9.83. The molecule has 0 saturated heterocycles. The van der Waals surface area contributed by atoms with Crippen LogP contribution in [0.25, 0.3) is 10.8 Å². The lowest BCUT2D eigenvalue weighted by Crippen LogP contribution is -2.39. The summed E-state index contributed by atoms with van der Waals surface area (Å²) in [5, 5.41) is 11.1. The SMILES string of the molecule is CC(C)(C)c1ccc2cccc(C(C)(O)C(F)(F)F)c2c1. The maximum Gasteiger partial charge on any atom is 0.421 e. The van der Waals surface area contributed by atoms with Crippen LogP contribution in [0.5, 0.6) is 0 Å². The molecule has 0 bridgehead atoms. The van der Waals surface area contributed by atoms with Crippen LogP contribution in [0.15, 0.2) is 36.4 Å². The first-order chi connectivity index (χ1) is 9.44. The van der Waals surface area contributed by atoms with Crippen LogP contribution in [0.1, 0.15) is 38.8 Å². The highest BCUT2D eigenvalue weighted by Gasteiger charge is 2.51. The summed E-state index contributed by atoms with van der Waals surface area (Å²) in [6.45, 7) is 6.79. The molecule has 0 aliphatic heterocycles. The molecule has 4 heteroatoms. The Kier molecular flexibility index (Phi) is 3.57. The highest BCUT2D eigenvalue weighted by atomic mass is 19.4. The van der Waals surface area contributed by atoms with Gasteiger partial charge in [-0.3, -0.25) is 0 Å². The first-order valence-corrected chi connectivity index (χ1v) is 6.77. The Morgan fingerprint density at radius 3 is 2.05 bits per heavy atom. The van der Waals surface area contributed by atoms with Gasteiger partial charge in [-0.2, -0.15) is 13.2 Å². The van der Waals surface area contributed by atoms with E-state index in [4.69, 9.17) is 0 Å². The van der Waals surface area contributed by atoms with Crippen molar-refractivity contribution in [1.29, 1.82) is 0 Å². The van der Waals surface area contributed by atoms with Gasteiger partial charge >= 0.3 is 6.18 Å². The average Bonchev–Trinajstić information content (AvgIpc) is 2.34. The predicted octanol–water partition coefficient (Wildman–Crippen LogP) is 4.91. The van der Waals surface area contributed by atoms with Gasteiger partial charge in [-0.05, 0) is 28.7 Å². The third-order valence-electron chi connectivity index (χ3n) is 3.82. The standard InChI is InChI=1S/C17H19F3O/c1-15(2,3)12-9-8-11-6-5-7-14(13(11)10-12)16(4,21)17(18,19)20/h5-10,21H,1-4H3. The van der Waals surface area contributed by atoms with E-state index in [0.717, 1.165) is 12.5 Å². The molecule has 1 unspecified atom stereocenters. The van der Waals surface area contributed by atoms with E-state index in [0.29, 0.717) is 10.8 Å². The van der Waals surface area contributed by atoms with Crippen LogP contribution in [0.2, 0.25) is 0 Å². The van der Waals surface area contributed by atoms with Crippen LogP contribution in [0.3, 0.4) is 0 Å². The molecule has 0 spiro atoms. The van der Waals surface area contributed by atoms with Gasteiger partial charge in [0.1, 0.15) is 0 Å². The molecule has 0 radical (unpaired) electrons. The van der Waals surface area contributed by atoms with Crippen molar-refractivity contribution in [2.75, 3.05) is 0 Å². The van der Waals surface area contributed by atoms with Crippen molar-refractivity contribution < 1.29 is 18.3 Å². The van der Waals surface area contributed by atoms with E-state index < -0.39 is 11.8 Å². The fourth-order valence-electron chi connectivity index (χ4n) is 2.32. The topological polar surface area (TPSA) is 20.2 Å². The van der Waals surface area contributed by atoms with Gasteiger partial charge in [-0.25, -0.2) is 0 Å². The van der Waals surface area contributed by atoms with Crippen LogP contribution >= 0.6 is 0 Å². The van der Waals surface area contributed by atoms with Crippen molar-refractivity contribution in [2.45, 2.75) is 44.9 Å². The first-order valence-electron chi connectivity index (χ1n) is 6.77. The molecule has 1 atom stereocenters. The summed E-state index contributed by atoms with van der Waals surface area (Å²) in [6.07, 6.45) is -4.72. The molecule has 2 aromatic carbocycles. The molecular weight excluding hydrogens is 277 g/mol. The fraction of sp³-hybridized carbons (Fsp3) is 0.412. The summed E-state index contributed by atoms with van der Waals surface area (Å²) < 4.78 is 39.4. The number of benzene rings is 2. The number of hydrogen-bond donors (Lipinski definition) is 1. The van der Waals surface area contributed by atoms with E-state index in [-0.39, 0.29) is 11.0 Å². The zero-order chi connectivity index (χ0) is 16.1. The summed E-state index contributed by atoms with van der Waals surface area (Å²) in [4.78, 5) is 0. The minimum Gasteiger partial charge on any atom is -0.376 e. The molecule has 0 aliphatic carbocycles. The van der Waals surface area contributed by atoms with Gasteiger partial charge in [0.15, 0.2) is 5.60 Å². The molecule has 0 aliphatic rings. The van der Waals surface area contributed by atoms with E-state index in [1.807, 2.05) is 26.8 Å². The number of halogens is 3. The Morgan fingerprint density at radius 1 is 0.905 bits per heavy atom. The second-order valence-electron chi connectivity index (χ2n) is 6.56. The zero-order valence-electron chi connectivity index (χ0n) is 12.5. The van der Waals surface area contributed by atoms with Gasteiger partial charge < -0.3 is 5.11 Å². The fourth-order valence-corrected chi connectivity index (χ4v) is 2.32. The van der Waals surface area contributed by atoms with Gasteiger partial charge in [0, 0.05) is 5.56 Å². The van der Waals surface area contributed by atoms with Crippen molar-refractivity contribution in [3.8, 4) is 0 Å². The van der Waals surface area contributed by atoms with Gasteiger partial charge in [-0.1, -0.05) is 57.2 Å². The molecule has 21 heavy (non-hydrogen) atoms. The normalized spacial score (nSPS) is 16.0. The van der Waals surface area contributed by atoms with E-state index >= 15 is 0 Å². The van der Waals surface area contributed by atoms with Gasteiger partial charge in [-0.15, -0.1) is 0 Å². The van der Waals surface area contributed by atoms with Crippen molar-refractivity contribution in [3.63, 3.8) is 0 Å². The van der Waals surface area contributed by atoms with E-state index in [1.165, 1.54) is 12.1 Å². The maximum absolute atomic E-state index is 13.1. The monoisotopic (exact) mass is 296 g/mol. The Balaban J connectivity index is 2.76. The summed E-state index contributed by atoms with van der Waals surface area (Å²) in [5.74, 6) is 0. The highest BCUT2D eigenvalue weighted by Crippen LogP contribution is 2.41. The quantitative estimate of drug-likeness (QED) is 0.793. The Bertz CT molecular complexity index is 664. The lowest BCUT2D eigenvalue weighted by Gasteiger charge is -2.28. The van der Waals surface area contributed by atoms with E-state index in [2.05, 4.69) is 0 Å². The molecule has 114 valence electrons. The second kappa shape index (κ2) is 4.73. The molecule has 0 saturated carbocycles. The van der Waals surface area contributed by atoms with Crippen LogP contribution in [-0.4, -0.2) is 11.3 Å². The van der Waals surface area contributed by atoms with Gasteiger partial charge in [0.25, 0.3) is 0 Å². The summed E-state index contributed by atoms with van der Waals surface area (Å²) in [7, 11) is 0. The predicted molar refractivity (Wildman–Crippen MR) is 78.3 cm³/mol. The third kappa shape index (κ3) is 2.77. The smallest absolute Gasteiger partial charge is 0.376 e. The molecular formula is C17H19F3O. The minimum atomic E-state index is -4.72.